The number of halogens is 1. The van der Waals surface area contributed by atoms with Gasteiger partial charge in [0, 0.05) is 22.2 Å². The van der Waals surface area contributed by atoms with Crippen LogP contribution in [-0.4, -0.2) is 39.0 Å². The van der Waals surface area contributed by atoms with Crippen molar-refractivity contribution in [3.05, 3.63) is 22.2 Å². The van der Waals surface area contributed by atoms with Crippen LogP contribution in [0.15, 0.2) is 21.5 Å². The number of sulfonamides is 1. The second-order valence-electron chi connectivity index (χ2n) is 5.79. The largest absolute Gasteiger partial charge is 0.398 e. The molecule has 3 N–H and O–H groups in total. The van der Waals surface area contributed by atoms with Crippen molar-refractivity contribution in [2.24, 2.45) is 0 Å². The number of likely N-dealkylation sites (tertiary alicyclic amines) is 1. The third-order valence-electron chi connectivity index (χ3n) is 4.18. The quantitative estimate of drug-likeness (QED) is 0.793. The van der Waals surface area contributed by atoms with Gasteiger partial charge in [-0.3, -0.25) is 0 Å². The summed E-state index contributed by atoms with van der Waals surface area (Å²) in [7, 11) is -1.49. The summed E-state index contributed by atoms with van der Waals surface area (Å²) < 4.78 is 28.7. The molecule has 1 fully saturated rings. The van der Waals surface area contributed by atoms with Crippen LogP contribution in [0.1, 0.15) is 25.3 Å². The monoisotopic (exact) mass is 375 g/mol. The third kappa shape index (κ3) is 3.77. The van der Waals surface area contributed by atoms with Crippen molar-refractivity contribution in [2.45, 2.75) is 43.7 Å². The van der Waals surface area contributed by atoms with E-state index in [1.54, 1.807) is 19.1 Å². The molecule has 0 aromatic heterocycles. The van der Waals surface area contributed by atoms with Gasteiger partial charge < -0.3 is 10.6 Å². The molecule has 2 unspecified atom stereocenters. The predicted octanol–water partition coefficient (Wildman–Crippen LogP) is 2.10. The highest BCUT2D eigenvalue weighted by atomic mass is 79.9. The van der Waals surface area contributed by atoms with Crippen molar-refractivity contribution in [1.82, 2.24) is 9.62 Å². The average Bonchev–Trinajstić information content (AvgIpc) is 2.37. The number of nitrogens with two attached hydrogens (primary N) is 1. The van der Waals surface area contributed by atoms with E-state index >= 15 is 0 Å². The minimum atomic E-state index is -3.56. The molecule has 0 spiro atoms. The van der Waals surface area contributed by atoms with Crippen molar-refractivity contribution in [2.75, 3.05) is 19.3 Å². The lowest BCUT2D eigenvalue weighted by molar-refractivity contribution is 0.178. The molecule has 118 valence electrons. The van der Waals surface area contributed by atoms with E-state index in [1.807, 2.05) is 0 Å². The maximum Gasteiger partial charge on any atom is 0.241 e. The van der Waals surface area contributed by atoms with Crippen LogP contribution in [0.3, 0.4) is 0 Å². The number of hydrogen-bond donors (Lipinski definition) is 2. The van der Waals surface area contributed by atoms with E-state index in [0.717, 1.165) is 19.4 Å². The van der Waals surface area contributed by atoms with Gasteiger partial charge in [0.25, 0.3) is 0 Å². The first-order valence-electron chi connectivity index (χ1n) is 6.99. The van der Waals surface area contributed by atoms with Gasteiger partial charge in [-0.25, -0.2) is 13.1 Å². The lowest BCUT2D eigenvalue weighted by Crippen LogP contribution is -2.47. The highest BCUT2D eigenvalue weighted by Gasteiger charge is 2.28. The lowest BCUT2D eigenvalue weighted by atomic mass is 10.0. The Bertz CT molecular complexity index is 633. The Morgan fingerprint density at radius 1 is 1.43 bits per heavy atom. The number of rotatable bonds is 3. The Morgan fingerprint density at radius 2 is 2.10 bits per heavy atom. The fourth-order valence-corrected chi connectivity index (χ4v) is 4.84. The van der Waals surface area contributed by atoms with Crippen LogP contribution in [0.25, 0.3) is 0 Å². The predicted molar refractivity (Wildman–Crippen MR) is 88.7 cm³/mol. The Kier molecular flexibility index (Phi) is 4.97. The molecule has 1 aromatic carbocycles. The molecule has 1 aliphatic heterocycles. The Hall–Kier alpha value is -0.630. The van der Waals surface area contributed by atoms with Gasteiger partial charge in [0.05, 0.1) is 4.90 Å². The van der Waals surface area contributed by atoms with Crippen LogP contribution < -0.4 is 10.5 Å². The molecule has 0 amide bonds. The van der Waals surface area contributed by atoms with Crippen molar-refractivity contribution >= 4 is 31.6 Å². The molecule has 0 aliphatic carbocycles. The summed E-state index contributed by atoms with van der Waals surface area (Å²) in [4.78, 5) is 2.49. The van der Waals surface area contributed by atoms with E-state index < -0.39 is 10.0 Å². The lowest BCUT2D eigenvalue weighted by Gasteiger charge is -2.35. The van der Waals surface area contributed by atoms with E-state index in [1.165, 1.54) is 0 Å². The zero-order valence-corrected chi connectivity index (χ0v) is 15.0. The van der Waals surface area contributed by atoms with Crippen LogP contribution in [-0.2, 0) is 10.0 Å². The van der Waals surface area contributed by atoms with E-state index in [9.17, 15) is 8.42 Å². The molecule has 21 heavy (non-hydrogen) atoms. The van der Waals surface area contributed by atoms with Gasteiger partial charge in [0.1, 0.15) is 0 Å². The summed E-state index contributed by atoms with van der Waals surface area (Å²) in [6.07, 6.45) is 1.64. The number of anilines is 1. The highest BCUT2D eigenvalue weighted by Crippen LogP contribution is 2.27. The Morgan fingerprint density at radius 3 is 2.71 bits per heavy atom. The first-order chi connectivity index (χ1) is 9.70. The van der Waals surface area contributed by atoms with Crippen LogP contribution in [0, 0.1) is 6.92 Å². The van der Waals surface area contributed by atoms with Gasteiger partial charge in [-0.2, -0.15) is 0 Å². The summed E-state index contributed by atoms with van der Waals surface area (Å²) in [5, 5.41) is 0. The molecule has 5 nitrogen and oxygen atoms in total. The Labute approximate surface area is 135 Å². The van der Waals surface area contributed by atoms with E-state index in [4.69, 9.17) is 5.73 Å². The molecule has 2 atom stereocenters. The standard InChI is InChI=1S/C14H22BrN3O2S/c1-9-6-12(4-5-18(9)3)17-21(19,20)14-8-11(15)7-13(16)10(14)2/h7-9,12,17H,4-6,16H2,1-3H3. The van der Waals surface area contributed by atoms with Gasteiger partial charge in [-0.15, -0.1) is 0 Å². The van der Waals surface area contributed by atoms with Crippen molar-refractivity contribution in [3.8, 4) is 0 Å². The van der Waals surface area contributed by atoms with E-state index in [0.29, 0.717) is 21.8 Å². The number of nitrogens with one attached hydrogen (secondary N) is 1. The fourth-order valence-electron chi connectivity index (χ4n) is 2.63. The molecule has 0 saturated carbocycles. The number of benzene rings is 1. The third-order valence-corrected chi connectivity index (χ3v) is 6.29. The smallest absolute Gasteiger partial charge is 0.241 e. The van der Waals surface area contributed by atoms with Crippen LogP contribution in [0.2, 0.25) is 0 Å². The molecular weight excluding hydrogens is 354 g/mol. The molecule has 1 saturated heterocycles. The molecule has 1 heterocycles. The molecular formula is C14H22BrN3O2S. The zero-order valence-electron chi connectivity index (χ0n) is 12.6. The summed E-state index contributed by atoms with van der Waals surface area (Å²) in [5.74, 6) is 0. The maximum atomic E-state index is 12.6. The van der Waals surface area contributed by atoms with Gasteiger partial charge in [-0.1, -0.05) is 15.9 Å². The number of piperidine rings is 1. The molecule has 7 heteroatoms. The summed E-state index contributed by atoms with van der Waals surface area (Å²) in [5.41, 5.74) is 6.93. The normalized spacial score (nSPS) is 24.2. The van der Waals surface area contributed by atoms with E-state index in [-0.39, 0.29) is 10.9 Å². The molecule has 1 aromatic rings. The first kappa shape index (κ1) is 16.7. The van der Waals surface area contributed by atoms with Crippen LogP contribution in [0.4, 0.5) is 5.69 Å². The van der Waals surface area contributed by atoms with Crippen LogP contribution >= 0.6 is 15.9 Å². The number of hydrogen-bond acceptors (Lipinski definition) is 4. The van der Waals surface area contributed by atoms with Crippen LogP contribution in [0.5, 0.6) is 0 Å². The summed E-state index contributed by atoms with van der Waals surface area (Å²) in [6, 6.07) is 3.67. The number of nitrogens with zero attached hydrogens (tertiary/aromatic N) is 1. The average molecular weight is 376 g/mol. The minimum Gasteiger partial charge on any atom is -0.398 e. The maximum absolute atomic E-state index is 12.6. The first-order valence-corrected chi connectivity index (χ1v) is 9.26. The SMILES string of the molecule is Cc1c(N)cc(Br)cc1S(=O)(=O)NC1CCN(C)C(C)C1. The highest BCUT2D eigenvalue weighted by molar-refractivity contribution is 9.10. The molecule has 1 aliphatic rings. The molecule has 0 bridgehead atoms. The van der Waals surface area contributed by atoms with E-state index in [2.05, 4.69) is 39.5 Å². The summed E-state index contributed by atoms with van der Waals surface area (Å²) >= 11 is 3.30. The van der Waals surface area contributed by atoms with Gasteiger partial charge in [0.2, 0.25) is 10.0 Å². The topological polar surface area (TPSA) is 75.4 Å². The number of nitrogen functional groups attached to an aromatic ring is 1. The van der Waals surface area contributed by atoms with Gasteiger partial charge in [-0.05, 0) is 58.0 Å². The minimum absolute atomic E-state index is 0.0270. The molecule has 0 radical (unpaired) electrons. The van der Waals surface area contributed by atoms with Gasteiger partial charge in [0.15, 0.2) is 0 Å². The second-order valence-corrected chi connectivity index (χ2v) is 8.39. The molecule has 2 rings (SSSR count). The second kappa shape index (κ2) is 6.24. The van der Waals surface area contributed by atoms with Gasteiger partial charge >= 0.3 is 0 Å². The van der Waals surface area contributed by atoms with Crippen molar-refractivity contribution in [3.63, 3.8) is 0 Å². The Balaban J connectivity index is 2.23. The van der Waals surface area contributed by atoms with Crippen molar-refractivity contribution in [1.29, 1.82) is 0 Å². The van der Waals surface area contributed by atoms with Crippen molar-refractivity contribution < 1.29 is 8.42 Å². The summed E-state index contributed by atoms with van der Waals surface area (Å²) in [6.45, 7) is 4.74. The fraction of sp³-hybridized carbons (Fsp3) is 0.571. The zero-order chi connectivity index (χ0) is 15.8.